The molecular weight excluding hydrogens is 354 g/mol. The van der Waals surface area contributed by atoms with Crippen molar-refractivity contribution in [2.75, 3.05) is 5.75 Å². The van der Waals surface area contributed by atoms with Crippen LogP contribution in [0.25, 0.3) is 0 Å². The van der Waals surface area contributed by atoms with Gasteiger partial charge in [-0.15, -0.1) is 11.8 Å². The van der Waals surface area contributed by atoms with Crippen molar-refractivity contribution in [1.82, 2.24) is 10.2 Å². The first-order valence-electron chi connectivity index (χ1n) is 8.10. The van der Waals surface area contributed by atoms with E-state index in [1.54, 1.807) is 43.3 Å². The summed E-state index contributed by atoms with van der Waals surface area (Å²) in [7, 11) is 0. The number of amides is 2. The number of aliphatic carboxylic acids is 1. The third-order valence-corrected chi connectivity index (χ3v) is 5.61. The molecule has 26 heavy (non-hydrogen) atoms. The van der Waals surface area contributed by atoms with Gasteiger partial charge in [-0.05, 0) is 18.1 Å². The van der Waals surface area contributed by atoms with Crippen molar-refractivity contribution in [3.63, 3.8) is 0 Å². The second kappa shape index (κ2) is 7.35. The molecule has 1 aromatic carbocycles. The summed E-state index contributed by atoms with van der Waals surface area (Å²) in [4.78, 5) is 37.7. The zero-order valence-electron chi connectivity index (χ0n) is 14.1. The summed E-state index contributed by atoms with van der Waals surface area (Å²) in [6.45, 7) is 1.79. The maximum Gasteiger partial charge on any atom is 0.352 e. The van der Waals surface area contributed by atoms with Gasteiger partial charge in [0.2, 0.25) is 5.91 Å². The van der Waals surface area contributed by atoms with E-state index in [0.29, 0.717) is 16.9 Å². The van der Waals surface area contributed by atoms with E-state index in [4.69, 9.17) is 5.73 Å². The van der Waals surface area contributed by atoms with Crippen LogP contribution in [0.1, 0.15) is 18.5 Å². The van der Waals surface area contributed by atoms with Crippen molar-refractivity contribution in [3.8, 4) is 0 Å². The number of hydrogen-bond acceptors (Lipinski definition) is 5. The Kier molecular flexibility index (Phi) is 5.15. The van der Waals surface area contributed by atoms with Gasteiger partial charge in [-0.2, -0.15) is 0 Å². The van der Waals surface area contributed by atoms with E-state index < -0.39 is 35.2 Å². The van der Waals surface area contributed by atoms with E-state index in [0.717, 1.165) is 0 Å². The SMILES string of the molecule is CC=CC1=C(C(=O)O)N2C(=O)[C@@H](NC(=O)C(N)c3ccccc3)[C@@H]2SC1. The molecular formula is C18H19N3O4S. The predicted octanol–water partition coefficient (Wildman–Crippen LogP) is 1.00. The number of nitrogens with zero attached hydrogens (tertiary/aromatic N) is 1. The normalized spacial score (nSPS) is 23.5. The van der Waals surface area contributed by atoms with Crippen molar-refractivity contribution in [3.05, 3.63) is 59.3 Å². The molecule has 0 saturated carbocycles. The van der Waals surface area contributed by atoms with Gasteiger partial charge in [0, 0.05) is 5.75 Å². The molecule has 0 spiro atoms. The predicted molar refractivity (Wildman–Crippen MR) is 97.9 cm³/mol. The van der Waals surface area contributed by atoms with Crippen LogP contribution in [-0.2, 0) is 14.4 Å². The molecule has 1 unspecified atom stereocenters. The van der Waals surface area contributed by atoms with Gasteiger partial charge in [-0.3, -0.25) is 14.5 Å². The van der Waals surface area contributed by atoms with Gasteiger partial charge in [-0.25, -0.2) is 4.79 Å². The van der Waals surface area contributed by atoms with Crippen molar-refractivity contribution in [1.29, 1.82) is 0 Å². The number of nitrogens with one attached hydrogen (secondary N) is 1. The zero-order valence-corrected chi connectivity index (χ0v) is 14.9. The number of nitrogens with two attached hydrogens (primary N) is 1. The van der Waals surface area contributed by atoms with Crippen LogP contribution < -0.4 is 11.1 Å². The highest BCUT2D eigenvalue weighted by molar-refractivity contribution is 8.00. The standard InChI is InChI=1S/C18H19N3O4S/c1-2-6-11-9-26-17-13(16(23)21(17)14(11)18(24)25)20-15(22)12(19)10-7-4-3-5-8-10/h2-8,12-13,17H,9,19H2,1H3,(H,20,22)(H,24,25)/t12?,13-,17+/m1/s1. The van der Waals surface area contributed by atoms with E-state index in [-0.39, 0.29) is 5.70 Å². The maximum absolute atomic E-state index is 12.5. The average molecular weight is 373 g/mol. The van der Waals surface area contributed by atoms with E-state index in [1.807, 2.05) is 6.07 Å². The molecule has 3 atom stereocenters. The highest BCUT2D eigenvalue weighted by Crippen LogP contribution is 2.40. The van der Waals surface area contributed by atoms with Crippen molar-refractivity contribution < 1.29 is 19.5 Å². The lowest BCUT2D eigenvalue weighted by molar-refractivity contribution is -0.150. The smallest absolute Gasteiger partial charge is 0.352 e. The van der Waals surface area contributed by atoms with Gasteiger partial charge in [0.1, 0.15) is 23.2 Å². The number of carboxylic acid groups (broad SMARTS) is 1. The Labute approximate surface area is 154 Å². The first-order chi connectivity index (χ1) is 12.5. The summed E-state index contributed by atoms with van der Waals surface area (Å²) in [5.74, 6) is -1.59. The van der Waals surface area contributed by atoms with Crippen molar-refractivity contribution in [2.24, 2.45) is 5.73 Å². The molecule has 1 aromatic rings. The van der Waals surface area contributed by atoms with Crippen LogP contribution in [0, 0.1) is 0 Å². The fourth-order valence-corrected chi connectivity index (χ4v) is 4.35. The van der Waals surface area contributed by atoms with Gasteiger partial charge in [-0.1, -0.05) is 42.5 Å². The van der Waals surface area contributed by atoms with Gasteiger partial charge < -0.3 is 16.2 Å². The summed E-state index contributed by atoms with van der Waals surface area (Å²) < 4.78 is 0. The zero-order chi connectivity index (χ0) is 18.8. The monoisotopic (exact) mass is 373 g/mol. The van der Waals surface area contributed by atoms with Crippen molar-refractivity contribution in [2.45, 2.75) is 24.4 Å². The van der Waals surface area contributed by atoms with Crippen LogP contribution in [0.4, 0.5) is 0 Å². The molecule has 3 rings (SSSR count). The van der Waals surface area contributed by atoms with E-state index in [9.17, 15) is 19.5 Å². The third kappa shape index (κ3) is 3.13. The first kappa shape index (κ1) is 18.2. The Balaban J connectivity index is 1.75. The Morgan fingerprint density at radius 1 is 1.38 bits per heavy atom. The van der Waals surface area contributed by atoms with Crippen LogP contribution in [0.3, 0.4) is 0 Å². The van der Waals surface area contributed by atoms with Crippen molar-refractivity contribution >= 4 is 29.5 Å². The van der Waals surface area contributed by atoms with Crippen LogP contribution in [0.2, 0.25) is 0 Å². The van der Waals surface area contributed by atoms with Crippen LogP contribution in [-0.4, -0.2) is 45.0 Å². The third-order valence-electron chi connectivity index (χ3n) is 4.31. The molecule has 0 aliphatic carbocycles. The molecule has 0 radical (unpaired) electrons. The number of benzene rings is 1. The van der Waals surface area contributed by atoms with Crippen LogP contribution in [0.15, 0.2) is 53.8 Å². The number of rotatable bonds is 5. The number of thioether (sulfide) groups is 1. The fraction of sp³-hybridized carbons (Fsp3) is 0.278. The second-order valence-corrected chi connectivity index (χ2v) is 7.07. The van der Waals surface area contributed by atoms with Gasteiger partial charge in [0.25, 0.3) is 5.91 Å². The Hall–Kier alpha value is -2.58. The molecule has 8 heteroatoms. The number of carbonyl (C=O) groups excluding carboxylic acids is 2. The van der Waals surface area contributed by atoms with Crippen LogP contribution in [0.5, 0.6) is 0 Å². The first-order valence-corrected chi connectivity index (χ1v) is 9.15. The number of fused-ring (bicyclic) bond motifs is 1. The topological polar surface area (TPSA) is 113 Å². The Morgan fingerprint density at radius 3 is 2.69 bits per heavy atom. The number of carboxylic acids is 1. The lowest BCUT2D eigenvalue weighted by Crippen LogP contribution is -2.71. The second-order valence-electron chi connectivity index (χ2n) is 5.96. The minimum absolute atomic E-state index is 0.0188. The molecule has 1 fully saturated rings. The molecule has 1 saturated heterocycles. The summed E-state index contributed by atoms with van der Waals surface area (Å²) in [6, 6.07) is 7.20. The molecule has 0 bridgehead atoms. The summed E-state index contributed by atoms with van der Waals surface area (Å²) >= 11 is 1.42. The van der Waals surface area contributed by atoms with E-state index >= 15 is 0 Å². The fourth-order valence-electron chi connectivity index (χ4n) is 3.03. The number of hydrogen-bond donors (Lipinski definition) is 3. The number of allylic oxidation sites excluding steroid dienone is 2. The van der Waals surface area contributed by atoms with E-state index in [2.05, 4.69) is 5.32 Å². The highest BCUT2D eigenvalue weighted by Gasteiger charge is 2.54. The molecule has 2 heterocycles. The van der Waals surface area contributed by atoms with Gasteiger partial charge >= 0.3 is 5.97 Å². The van der Waals surface area contributed by atoms with E-state index in [1.165, 1.54) is 16.7 Å². The number of β-lactam (4-membered cyclic amide) rings is 1. The quantitative estimate of drug-likeness (QED) is 0.664. The Bertz CT molecular complexity index is 806. The highest BCUT2D eigenvalue weighted by atomic mass is 32.2. The largest absolute Gasteiger partial charge is 0.477 e. The number of carbonyl (C=O) groups is 3. The maximum atomic E-state index is 12.5. The lowest BCUT2D eigenvalue weighted by Gasteiger charge is -2.49. The molecule has 0 aromatic heterocycles. The molecule has 7 nitrogen and oxygen atoms in total. The molecule has 2 amide bonds. The Morgan fingerprint density at radius 2 is 2.08 bits per heavy atom. The minimum atomic E-state index is -1.15. The lowest BCUT2D eigenvalue weighted by atomic mass is 10.0. The molecule has 2 aliphatic rings. The molecule has 136 valence electrons. The van der Waals surface area contributed by atoms with Gasteiger partial charge in [0.15, 0.2) is 0 Å². The van der Waals surface area contributed by atoms with Gasteiger partial charge in [0.05, 0.1) is 0 Å². The molecule has 2 aliphatic heterocycles. The summed E-state index contributed by atoms with van der Waals surface area (Å²) in [5, 5.41) is 11.7. The summed E-state index contributed by atoms with van der Waals surface area (Å²) in [5.41, 5.74) is 7.17. The van der Waals surface area contributed by atoms with Crippen LogP contribution >= 0.6 is 11.8 Å². The minimum Gasteiger partial charge on any atom is -0.477 e. The molecule has 4 N–H and O–H groups in total. The average Bonchev–Trinajstić information content (AvgIpc) is 2.65. The summed E-state index contributed by atoms with van der Waals surface area (Å²) in [6.07, 6.45) is 3.43.